The summed E-state index contributed by atoms with van der Waals surface area (Å²) in [5.74, 6) is 3.25. The lowest BCUT2D eigenvalue weighted by atomic mass is 9.94. The Morgan fingerprint density at radius 2 is 2.15 bits per heavy atom. The third-order valence-corrected chi connectivity index (χ3v) is 3.58. The molecule has 1 saturated heterocycles. The smallest absolute Gasteiger partial charge is 0.136 e. The van der Waals surface area contributed by atoms with Gasteiger partial charge in [0.25, 0.3) is 0 Å². The van der Waals surface area contributed by atoms with Crippen LogP contribution in [-0.2, 0) is 4.79 Å². The minimum absolute atomic E-state index is 0.387. The number of ketones is 1. The number of thioether (sulfide) groups is 1. The van der Waals surface area contributed by atoms with Crippen LogP contribution in [0.15, 0.2) is 0 Å². The van der Waals surface area contributed by atoms with Crippen molar-refractivity contribution >= 4 is 17.5 Å². The van der Waals surface area contributed by atoms with Crippen molar-refractivity contribution in [1.82, 2.24) is 5.32 Å². The minimum atomic E-state index is 0.387. The summed E-state index contributed by atoms with van der Waals surface area (Å²) in [4.78, 5) is 11.6. The van der Waals surface area contributed by atoms with Crippen molar-refractivity contribution in [1.29, 1.82) is 0 Å². The van der Waals surface area contributed by atoms with Gasteiger partial charge in [-0.05, 0) is 44.4 Å². The molecule has 1 rings (SSSR count). The molecule has 1 fully saturated rings. The molecule has 0 bridgehead atoms. The topological polar surface area (TPSA) is 29.1 Å². The fraction of sp³-hybridized carbons (Fsp3) is 0.900. The van der Waals surface area contributed by atoms with Crippen molar-refractivity contribution in [2.24, 2.45) is 5.92 Å². The lowest BCUT2D eigenvalue weighted by Gasteiger charge is -2.19. The second kappa shape index (κ2) is 6.44. The summed E-state index contributed by atoms with van der Waals surface area (Å²) in [7, 11) is 1.93. The molecule has 0 aromatic heterocycles. The summed E-state index contributed by atoms with van der Waals surface area (Å²) < 4.78 is 0. The van der Waals surface area contributed by atoms with E-state index in [-0.39, 0.29) is 0 Å². The van der Waals surface area contributed by atoms with Gasteiger partial charge in [0.2, 0.25) is 0 Å². The van der Waals surface area contributed by atoms with Crippen molar-refractivity contribution in [3.63, 3.8) is 0 Å². The van der Waals surface area contributed by atoms with E-state index in [2.05, 4.69) is 5.32 Å². The Bertz CT molecular complexity index is 155. The van der Waals surface area contributed by atoms with Gasteiger partial charge in [0, 0.05) is 12.3 Å². The van der Waals surface area contributed by atoms with Crippen molar-refractivity contribution in [2.45, 2.75) is 25.7 Å². The van der Waals surface area contributed by atoms with Crippen molar-refractivity contribution in [3.8, 4) is 0 Å². The summed E-state index contributed by atoms with van der Waals surface area (Å²) in [6.07, 6.45) is 4.00. The average molecular weight is 201 g/mol. The van der Waals surface area contributed by atoms with E-state index in [0.717, 1.165) is 32.2 Å². The SMILES string of the molecule is CNCCCC(=O)C1CCSCC1. The largest absolute Gasteiger partial charge is 0.320 e. The Hall–Kier alpha value is -0.0200. The summed E-state index contributed by atoms with van der Waals surface area (Å²) in [6.45, 7) is 0.965. The highest BCUT2D eigenvalue weighted by molar-refractivity contribution is 7.99. The molecule has 0 aromatic carbocycles. The zero-order valence-corrected chi connectivity index (χ0v) is 9.16. The molecule has 76 valence electrons. The van der Waals surface area contributed by atoms with Crippen LogP contribution >= 0.6 is 11.8 Å². The molecule has 1 N–H and O–H groups in total. The first-order valence-electron chi connectivity index (χ1n) is 5.09. The van der Waals surface area contributed by atoms with Crippen molar-refractivity contribution in [2.75, 3.05) is 25.1 Å². The van der Waals surface area contributed by atoms with Gasteiger partial charge in [-0.15, -0.1) is 0 Å². The Morgan fingerprint density at radius 1 is 1.46 bits per heavy atom. The summed E-state index contributed by atoms with van der Waals surface area (Å²) in [5.41, 5.74) is 0. The summed E-state index contributed by atoms with van der Waals surface area (Å²) in [5, 5.41) is 3.07. The van der Waals surface area contributed by atoms with Gasteiger partial charge in [0.05, 0.1) is 0 Å². The Kier molecular flexibility index (Phi) is 5.47. The molecular formula is C10H19NOS. The molecule has 0 amide bonds. The predicted octanol–water partition coefficient (Wildman–Crippen LogP) is 1.70. The first-order chi connectivity index (χ1) is 6.34. The standard InChI is InChI=1S/C10H19NOS/c1-11-6-2-3-10(12)9-4-7-13-8-5-9/h9,11H,2-8H2,1H3. The van der Waals surface area contributed by atoms with E-state index in [9.17, 15) is 4.79 Å². The van der Waals surface area contributed by atoms with Crippen LogP contribution in [0.1, 0.15) is 25.7 Å². The fourth-order valence-corrected chi connectivity index (χ4v) is 2.77. The monoisotopic (exact) mass is 201 g/mol. The zero-order valence-electron chi connectivity index (χ0n) is 8.34. The fourth-order valence-electron chi connectivity index (χ4n) is 1.66. The molecule has 0 saturated carbocycles. The molecule has 0 spiro atoms. The van der Waals surface area contributed by atoms with Gasteiger partial charge in [-0.2, -0.15) is 11.8 Å². The number of carbonyl (C=O) groups excluding carboxylic acids is 1. The van der Waals surface area contributed by atoms with Crippen LogP contribution in [0.4, 0.5) is 0 Å². The molecule has 0 radical (unpaired) electrons. The minimum Gasteiger partial charge on any atom is -0.320 e. The number of carbonyl (C=O) groups is 1. The highest BCUT2D eigenvalue weighted by Crippen LogP contribution is 2.24. The molecule has 0 aliphatic carbocycles. The Labute approximate surface area is 84.9 Å². The van der Waals surface area contributed by atoms with Crippen LogP contribution in [0.3, 0.4) is 0 Å². The number of hydrogen-bond donors (Lipinski definition) is 1. The third-order valence-electron chi connectivity index (χ3n) is 2.53. The van der Waals surface area contributed by atoms with Gasteiger partial charge in [-0.25, -0.2) is 0 Å². The molecule has 1 aliphatic rings. The van der Waals surface area contributed by atoms with E-state index >= 15 is 0 Å². The Morgan fingerprint density at radius 3 is 2.77 bits per heavy atom. The molecule has 1 aliphatic heterocycles. The molecule has 3 heteroatoms. The molecule has 0 atom stereocenters. The number of Topliss-reactive ketones (excluding diaryl/α,β-unsaturated/α-hetero) is 1. The quantitative estimate of drug-likeness (QED) is 0.686. The van der Waals surface area contributed by atoms with Gasteiger partial charge in [-0.1, -0.05) is 0 Å². The first-order valence-corrected chi connectivity index (χ1v) is 6.25. The lowest BCUT2D eigenvalue weighted by Crippen LogP contribution is -2.20. The van der Waals surface area contributed by atoms with Crippen molar-refractivity contribution in [3.05, 3.63) is 0 Å². The molecule has 13 heavy (non-hydrogen) atoms. The van der Waals surface area contributed by atoms with Crippen LogP contribution in [0, 0.1) is 5.92 Å². The molecule has 2 nitrogen and oxygen atoms in total. The van der Waals surface area contributed by atoms with E-state index in [0.29, 0.717) is 11.7 Å². The van der Waals surface area contributed by atoms with E-state index < -0.39 is 0 Å². The van der Waals surface area contributed by atoms with Gasteiger partial charge in [-0.3, -0.25) is 4.79 Å². The molecule has 0 unspecified atom stereocenters. The normalized spacial score (nSPS) is 18.8. The average Bonchev–Trinajstić information content (AvgIpc) is 2.19. The Balaban J connectivity index is 2.13. The van der Waals surface area contributed by atoms with Crippen molar-refractivity contribution < 1.29 is 4.79 Å². The maximum Gasteiger partial charge on any atom is 0.136 e. The molecule has 0 aromatic rings. The van der Waals surface area contributed by atoms with Crippen LogP contribution in [-0.4, -0.2) is 30.9 Å². The number of hydrogen-bond acceptors (Lipinski definition) is 3. The lowest BCUT2D eigenvalue weighted by molar-refractivity contribution is -0.123. The van der Waals surface area contributed by atoms with Gasteiger partial charge >= 0.3 is 0 Å². The highest BCUT2D eigenvalue weighted by Gasteiger charge is 2.20. The maximum absolute atomic E-state index is 11.6. The zero-order chi connectivity index (χ0) is 9.52. The van der Waals surface area contributed by atoms with E-state index in [4.69, 9.17) is 0 Å². The third kappa shape index (κ3) is 4.14. The van der Waals surface area contributed by atoms with Gasteiger partial charge in [0.15, 0.2) is 0 Å². The van der Waals surface area contributed by atoms with E-state index in [1.807, 2.05) is 18.8 Å². The van der Waals surface area contributed by atoms with Crippen LogP contribution < -0.4 is 5.32 Å². The second-order valence-electron chi connectivity index (χ2n) is 3.56. The van der Waals surface area contributed by atoms with E-state index in [1.165, 1.54) is 11.5 Å². The molecular weight excluding hydrogens is 182 g/mol. The summed E-state index contributed by atoms with van der Waals surface area (Å²) >= 11 is 1.98. The first kappa shape index (κ1) is 11.1. The molecule has 1 heterocycles. The maximum atomic E-state index is 11.6. The van der Waals surface area contributed by atoms with E-state index in [1.54, 1.807) is 0 Å². The second-order valence-corrected chi connectivity index (χ2v) is 4.78. The predicted molar refractivity (Wildman–Crippen MR) is 58.2 cm³/mol. The van der Waals surface area contributed by atoms with Crippen LogP contribution in [0.5, 0.6) is 0 Å². The summed E-state index contributed by atoms with van der Waals surface area (Å²) in [6, 6.07) is 0. The number of nitrogens with one attached hydrogen (secondary N) is 1. The van der Waals surface area contributed by atoms with Gasteiger partial charge in [0.1, 0.15) is 5.78 Å². The van der Waals surface area contributed by atoms with Crippen LogP contribution in [0.25, 0.3) is 0 Å². The van der Waals surface area contributed by atoms with Crippen LogP contribution in [0.2, 0.25) is 0 Å². The highest BCUT2D eigenvalue weighted by atomic mass is 32.2. The van der Waals surface area contributed by atoms with Gasteiger partial charge < -0.3 is 5.32 Å². The number of rotatable bonds is 5.